The second-order valence-electron chi connectivity index (χ2n) is 5.28. The lowest BCUT2D eigenvalue weighted by molar-refractivity contribution is -0.105. The fourth-order valence-electron chi connectivity index (χ4n) is 1.65. The number of amides is 1. The molecule has 0 aliphatic heterocycles. The number of hydrogen-bond acceptors (Lipinski definition) is 3. The first-order valence-corrected chi connectivity index (χ1v) is 8.03. The first-order chi connectivity index (χ1) is 10.1. The number of amidine groups is 1. The van der Waals surface area contributed by atoms with Crippen molar-refractivity contribution in [3.63, 3.8) is 0 Å². The minimum absolute atomic E-state index is 0.0509. The van der Waals surface area contributed by atoms with Crippen LogP contribution in [0.4, 0.5) is 14.5 Å². The van der Waals surface area contributed by atoms with Crippen LogP contribution in [0, 0.1) is 11.6 Å². The third-order valence-corrected chi connectivity index (χ3v) is 5.05. The van der Waals surface area contributed by atoms with Gasteiger partial charge < -0.3 is 11.1 Å². The van der Waals surface area contributed by atoms with Gasteiger partial charge in [-0.3, -0.25) is 14.0 Å². The molecule has 1 aromatic rings. The number of carbonyl (C=O) groups excluding carboxylic acids is 1. The average molecular weight is 331 g/mol. The third kappa shape index (κ3) is 3.88. The highest BCUT2D eigenvalue weighted by atomic mass is 32.2. The van der Waals surface area contributed by atoms with Crippen LogP contribution in [0.1, 0.15) is 32.4 Å². The quantitative estimate of drug-likeness (QED) is 0.476. The molecule has 22 heavy (non-hydrogen) atoms. The molecule has 1 aromatic carbocycles. The van der Waals surface area contributed by atoms with E-state index in [9.17, 15) is 17.8 Å². The topological polar surface area (TPSA) is 84.5 Å². The number of nitrogens with zero attached hydrogens (tertiary/aromatic N) is 1. The summed E-state index contributed by atoms with van der Waals surface area (Å²) in [7, 11) is -1.28. The van der Waals surface area contributed by atoms with E-state index in [0.717, 1.165) is 6.07 Å². The predicted octanol–water partition coefficient (Wildman–Crippen LogP) is 2.11. The number of hydrogen-bond donors (Lipinski definition) is 2. The Labute approximate surface area is 130 Å². The lowest BCUT2D eigenvalue weighted by atomic mass is 10.1. The molecule has 8 heteroatoms. The van der Waals surface area contributed by atoms with E-state index in [2.05, 4.69) is 10.3 Å². The maximum Gasteiger partial charge on any atom is 0.211 e. The Morgan fingerprint density at radius 2 is 2.05 bits per heavy atom. The summed E-state index contributed by atoms with van der Waals surface area (Å²) in [6.45, 7) is 4.83. The first kappa shape index (κ1) is 18.2. The van der Waals surface area contributed by atoms with Gasteiger partial charge in [0.05, 0.1) is 10.8 Å². The number of benzene rings is 1. The van der Waals surface area contributed by atoms with Gasteiger partial charge in [0.1, 0.15) is 5.84 Å². The van der Waals surface area contributed by atoms with Gasteiger partial charge in [-0.1, -0.05) is 0 Å². The van der Waals surface area contributed by atoms with Gasteiger partial charge in [0.25, 0.3) is 0 Å². The largest absolute Gasteiger partial charge is 0.386 e. The molecule has 5 nitrogen and oxygen atoms in total. The molecule has 3 N–H and O–H groups in total. The summed E-state index contributed by atoms with van der Waals surface area (Å²) in [6, 6.07) is 1.35. The highest BCUT2D eigenvalue weighted by Crippen LogP contribution is 2.27. The number of nitrogens with one attached hydrogen (secondary N) is 1. The van der Waals surface area contributed by atoms with Gasteiger partial charge in [-0.25, -0.2) is 8.78 Å². The zero-order valence-electron chi connectivity index (χ0n) is 12.8. The van der Waals surface area contributed by atoms with Crippen LogP contribution in [0.5, 0.6) is 0 Å². The van der Waals surface area contributed by atoms with Gasteiger partial charge in [-0.05, 0) is 26.8 Å². The fourth-order valence-corrected chi connectivity index (χ4v) is 1.99. The molecule has 0 fully saturated rings. The van der Waals surface area contributed by atoms with Crippen molar-refractivity contribution >= 4 is 28.7 Å². The van der Waals surface area contributed by atoms with Crippen molar-refractivity contribution in [2.75, 3.05) is 11.6 Å². The van der Waals surface area contributed by atoms with Crippen LogP contribution >= 0.6 is 0 Å². The second kappa shape index (κ2) is 6.95. The fraction of sp³-hybridized carbons (Fsp3) is 0.429. The van der Waals surface area contributed by atoms with Crippen LogP contribution in [0.3, 0.4) is 0 Å². The summed E-state index contributed by atoms with van der Waals surface area (Å²) < 4.78 is 38.2. The van der Waals surface area contributed by atoms with Crippen LogP contribution in [-0.2, 0) is 15.6 Å². The van der Waals surface area contributed by atoms with Crippen LogP contribution in [0.2, 0.25) is 0 Å². The molecule has 122 valence electrons. The van der Waals surface area contributed by atoms with Gasteiger partial charge in [-0.2, -0.15) is 0 Å². The first-order valence-electron chi connectivity index (χ1n) is 6.47. The van der Waals surface area contributed by atoms with Gasteiger partial charge in [0.15, 0.2) is 11.6 Å². The van der Waals surface area contributed by atoms with E-state index in [0.29, 0.717) is 6.41 Å². The highest BCUT2D eigenvalue weighted by molar-refractivity contribution is 7.86. The van der Waals surface area contributed by atoms with E-state index in [1.807, 2.05) is 0 Å². The average Bonchev–Trinajstić information content (AvgIpc) is 2.42. The molecule has 2 unspecified atom stereocenters. The van der Waals surface area contributed by atoms with Gasteiger partial charge >= 0.3 is 0 Å². The zero-order chi connectivity index (χ0) is 17.1. The molecule has 0 aromatic heterocycles. The van der Waals surface area contributed by atoms with E-state index in [-0.39, 0.29) is 17.1 Å². The standard InChI is InChI=1S/C14H19F2N3O2S/c1-8(19-13(17)14(2,3)22(4)21)10-5-9(18-7-20)6-11(15)12(10)16/h5-8H,1-4H3,(H2,17,19)(H,18,20). The molecule has 0 saturated carbocycles. The van der Waals surface area contributed by atoms with Crippen molar-refractivity contribution in [3.05, 3.63) is 29.3 Å². The Morgan fingerprint density at radius 1 is 1.45 bits per heavy atom. The molecule has 0 heterocycles. The molecule has 0 aliphatic rings. The summed E-state index contributed by atoms with van der Waals surface area (Å²) >= 11 is 0. The summed E-state index contributed by atoms with van der Waals surface area (Å²) in [5.74, 6) is -2.08. The molecular formula is C14H19F2N3O2S. The molecule has 0 radical (unpaired) electrons. The van der Waals surface area contributed by atoms with E-state index >= 15 is 0 Å². The summed E-state index contributed by atoms with van der Waals surface area (Å²) in [4.78, 5) is 14.5. The monoisotopic (exact) mass is 331 g/mol. The Hall–Kier alpha value is -1.83. The molecule has 2 atom stereocenters. The van der Waals surface area contributed by atoms with Gasteiger partial charge in [-0.15, -0.1) is 0 Å². The molecule has 1 rings (SSSR count). The van der Waals surface area contributed by atoms with E-state index in [1.165, 1.54) is 19.2 Å². The number of nitrogens with two attached hydrogens (primary N) is 1. The molecule has 0 aliphatic carbocycles. The van der Waals surface area contributed by atoms with Gasteiger partial charge in [0.2, 0.25) is 6.41 Å². The summed E-state index contributed by atoms with van der Waals surface area (Å²) in [5, 5.41) is 2.26. The molecular weight excluding hydrogens is 312 g/mol. The molecule has 0 bridgehead atoms. The van der Waals surface area contributed by atoms with Crippen molar-refractivity contribution in [1.29, 1.82) is 0 Å². The normalized spacial score (nSPS) is 15.3. The number of carbonyl (C=O) groups is 1. The van der Waals surface area contributed by atoms with Crippen LogP contribution < -0.4 is 11.1 Å². The molecule has 0 saturated heterocycles. The van der Waals surface area contributed by atoms with Crippen LogP contribution in [0.25, 0.3) is 0 Å². The van der Waals surface area contributed by atoms with Crippen molar-refractivity contribution < 1.29 is 17.8 Å². The number of aliphatic imine (C=N–C) groups is 1. The lowest BCUT2D eigenvalue weighted by Gasteiger charge is -2.22. The summed E-state index contributed by atoms with van der Waals surface area (Å²) in [5.41, 5.74) is 5.91. The maximum absolute atomic E-state index is 13.9. The Balaban J connectivity index is 3.25. The van der Waals surface area contributed by atoms with Crippen LogP contribution in [-0.4, -0.2) is 27.5 Å². The van der Waals surface area contributed by atoms with E-state index < -0.39 is 33.2 Å². The second-order valence-corrected chi connectivity index (χ2v) is 7.21. The number of halogens is 2. The highest BCUT2D eigenvalue weighted by Gasteiger charge is 2.28. The minimum atomic E-state index is -1.28. The Morgan fingerprint density at radius 3 is 2.55 bits per heavy atom. The number of anilines is 1. The predicted molar refractivity (Wildman–Crippen MR) is 84.2 cm³/mol. The maximum atomic E-state index is 13.9. The van der Waals surface area contributed by atoms with Crippen LogP contribution in [0.15, 0.2) is 17.1 Å². The Bertz CT molecular complexity index is 633. The SMILES string of the molecule is CC(N=C(N)C(C)(C)S(C)=O)c1cc(NC=O)cc(F)c1F. The third-order valence-electron chi connectivity index (χ3n) is 3.40. The molecule has 0 spiro atoms. The van der Waals surface area contributed by atoms with Crippen molar-refractivity contribution in [1.82, 2.24) is 0 Å². The summed E-state index contributed by atoms with van der Waals surface area (Å²) in [6.07, 6.45) is 1.85. The molecule has 1 amide bonds. The Kier molecular flexibility index (Phi) is 5.76. The van der Waals surface area contributed by atoms with E-state index in [4.69, 9.17) is 5.73 Å². The number of rotatable bonds is 6. The minimum Gasteiger partial charge on any atom is -0.386 e. The zero-order valence-corrected chi connectivity index (χ0v) is 13.6. The van der Waals surface area contributed by atoms with E-state index in [1.54, 1.807) is 13.8 Å². The van der Waals surface area contributed by atoms with Gasteiger partial charge in [0, 0.05) is 34.4 Å². The lowest BCUT2D eigenvalue weighted by Crippen LogP contribution is -2.42. The van der Waals surface area contributed by atoms with Crippen molar-refractivity contribution in [3.8, 4) is 0 Å². The van der Waals surface area contributed by atoms with Crippen molar-refractivity contribution in [2.24, 2.45) is 10.7 Å². The van der Waals surface area contributed by atoms with Crippen molar-refractivity contribution in [2.45, 2.75) is 31.6 Å². The smallest absolute Gasteiger partial charge is 0.211 e.